The number of hydrogen-bond acceptors (Lipinski definition) is 31. The van der Waals surface area contributed by atoms with E-state index in [0.29, 0.717) is 81.8 Å². The molecule has 29 nitrogen and oxygen atoms in total. The van der Waals surface area contributed by atoms with Crippen molar-refractivity contribution in [3.8, 4) is 0 Å². The summed E-state index contributed by atoms with van der Waals surface area (Å²) in [5, 5.41) is 75.1. The van der Waals surface area contributed by atoms with E-state index < -0.39 is 118 Å². The van der Waals surface area contributed by atoms with Crippen LogP contribution in [0.2, 0.25) is 18.1 Å². The largest absolute Gasteiger partial charge is 0.481 e. The average Bonchev–Trinajstić information content (AvgIpc) is 1.33. The van der Waals surface area contributed by atoms with Crippen molar-refractivity contribution < 1.29 is 112 Å². The molecule has 778 valence electrons. The second-order valence-corrected chi connectivity index (χ2v) is 59.8. The van der Waals surface area contributed by atoms with Crippen molar-refractivity contribution >= 4 is 117 Å². The van der Waals surface area contributed by atoms with Gasteiger partial charge >= 0.3 is 5.97 Å². The number of hydrogen-bond donors (Lipinski definition) is 8. The molecule has 0 atom stereocenters. The number of fused-ring (bicyclic) bond motifs is 4. The Morgan fingerprint density at radius 2 is 0.621 bits per heavy atom. The van der Waals surface area contributed by atoms with Crippen LogP contribution in [-0.2, 0) is 209 Å². The minimum atomic E-state index is -4.03. The first-order valence-electron chi connectivity index (χ1n) is 47.5. The summed E-state index contributed by atoms with van der Waals surface area (Å²) in [5.74, 6) is -2.29. The normalized spacial score (nSPS) is 14.3. The second kappa shape index (κ2) is 46.6. The third kappa shape index (κ3) is 29.0. The molecule has 0 fully saturated rings. The Balaban J connectivity index is 0.000000222. The van der Waals surface area contributed by atoms with Crippen molar-refractivity contribution in [2.75, 3.05) is 17.3 Å². The molecule has 8 aromatic rings. The lowest BCUT2D eigenvalue weighted by atomic mass is 9.82. The molecule has 4 aromatic carbocycles. The van der Waals surface area contributed by atoms with Crippen LogP contribution in [0, 0.1) is 0 Å². The fraction of sp³-hybridized carbons (Fsp3) is 0.608. The molecule has 140 heavy (non-hydrogen) atoms. The first-order valence-corrected chi connectivity index (χ1v) is 60.2. The topological polar surface area (TPSA) is 470 Å². The maximum absolute atomic E-state index is 13.7. The number of primary sulfonamides is 1. The summed E-state index contributed by atoms with van der Waals surface area (Å²) >= 11 is 3.46. The minimum Gasteiger partial charge on any atom is -0.481 e. The van der Waals surface area contributed by atoms with Gasteiger partial charge in [0.25, 0.3) is 0 Å². The first-order chi connectivity index (χ1) is 64.2. The first kappa shape index (κ1) is 119. The number of aliphatic hydroxyl groups is 6. The van der Waals surface area contributed by atoms with Crippen LogP contribution in [0.3, 0.4) is 0 Å². The lowest BCUT2D eigenvalue weighted by Crippen LogP contribution is -2.40. The van der Waals surface area contributed by atoms with Gasteiger partial charge in [-0.05, 0) is 239 Å². The molecule has 4 aromatic heterocycles. The van der Waals surface area contributed by atoms with E-state index >= 15 is 0 Å². The Kier molecular flexibility index (Phi) is 39.5. The number of nitrogens with zero attached hydrogens (tertiary/aromatic N) is 4. The summed E-state index contributed by atoms with van der Waals surface area (Å²) in [7, 11) is -18.0. The van der Waals surface area contributed by atoms with Gasteiger partial charge in [0.2, 0.25) is 10.0 Å². The monoisotopic (exact) mass is 2110 g/mol. The molecular formula is C102H149N5O24S8Si. The van der Waals surface area contributed by atoms with Gasteiger partial charge in [0.15, 0.2) is 59.4 Å². The van der Waals surface area contributed by atoms with Gasteiger partial charge in [0, 0.05) is 19.3 Å². The molecule has 12 rings (SSSR count). The number of carboxylic acid groups (broad SMARTS) is 1. The predicted molar refractivity (Wildman–Crippen MR) is 550 cm³/mol. The number of aliphatic carboxylic acids is 1. The third-order valence-electron chi connectivity index (χ3n) is 25.0. The third-order valence-corrected chi connectivity index (χ3v) is 43.6. The summed E-state index contributed by atoms with van der Waals surface area (Å²) in [4.78, 5) is 67.7. The van der Waals surface area contributed by atoms with Crippen LogP contribution in [0.1, 0.15) is 395 Å². The molecule has 8 heterocycles. The minimum absolute atomic E-state index is 0.00667. The van der Waals surface area contributed by atoms with Crippen LogP contribution in [0.4, 0.5) is 0 Å². The number of aromatic nitrogens is 4. The van der Waals surface area contributed by atoms with Crippen molar-refractivity contribution in [3.05, 3.63) is 178 Å². The van der Waals surface area contributed by atoms with Crippen LogP contribution in [-0.4, -0.2) is 138 Å². The molecule has 0 radical (unpaired) electrons. The SMILES string of the molecule is CC(C)c1cc2c(c(C(C)C)c1CC(=O)CS(=O)(=O)c1sc(C(C)(C)O)nc1CO)COC2.CC(C)c1cc2c(c(C(C)C)c1CC(=O)CS(=O)(=O)c1sc(C(C)(C)O)nc1CO)COC2.CC(C)c1cc2c(c(C(C)C)c1CC(=O)CS(=O)(=O)c1sc(C(C)(C)O)nc1CO[Si](C)(C)C(C)(C)C)COC2.CC(C)c1cc2c(c(C(C)C)c1CC(=O)O)COC2.CCc1nc(C(C)(C)O)sc1S(N)(=O)=O. The molecule has 0 aliphatic carbocycles. The quantitative estimate of drug-likeness (QED) is 0.0169. The maximum Gasteiger partial charge on any atom is 0.307 e. The number of carboxylic acids is 1. The average molecular weight is 2110 g/mol. The number of carbonyl (C=O) groups excluding carboxylic acids is 3. The number of aryl methyl sites for hydroxylation is 1. The van der Waals surface area contributed by atoms with Gasteiger partial charge < -0.3 is 59.1 Å². The van der Waals surface area contributed by atoms with Crippen molar-refractivity contribution in [2.24, 2.45) is 5.14 Å². The number of rotatable bonds is 36. The molecule has 4 aliphatic heterocycles. The van der Waals surface area contributed by atoms with Crippen molar-refractivity contribution in [3.63, 3.8) is 0 Å². The Labute approximate surface area is 846 Å². The highest BCUT2D eigenvalue weighted by atomic mass is 32.3. The van der Waals surface area contributed by atoms with Gasteiger partial charge in [0.05, 0.1) is 102 Å². The zero-order chi connectivity index (χ0) is 106. The Hall–Kier alpha value is -6.58. The molecule has 0 bridgehead atoms. The fourth-order valence-corrected chi connectivity index (χ4v) is 29.0. The van der Waals surface area contributed by atoms with Gasteiger partial charge in [-0.1, -0.05) is 163 Å². The number of aliphatic hydroxyl groups excluding tert-OH is 2. The molecule has 0 saturated carbocycles. The van der Waals surface area contributed by atoms with E-state index in [1.54, 1.807) is 34.6 Å². The van der Waals surface area contributed by atoms with Crippen LogP contribution < -0.4 is 5.14 Å². The molecule has 38 heteroatoms. The molecule has 0 unspecified atom stereocenters. The van der Waals surface area contributed by atoms with Crippen molar-refractivity contribution in [2.45, 2.75) is 403 Å². The molecule has 9 N–H and O–H groups in total. The fourth-order valence-electron chi connectivity index (χ4n) is 17.4. The number of thiazole rings is 4. The number of benzene rings is 4. The lowest BCUT2D eigenvalue weighted by Gasteiger charge is -2.36. The van der Waals surface area contributed by atoms with E-state index in [4.69, 9.17) is 28.5 Å². The predicted octanol–water partition coefficient (Wildman–Crippen LogP) is 18.4. The number of sulfone groups is 3. The van der Waals surface area contributed by atoms with Gasteiger partial charge in [-0.2, -0.15) is 0 Å². The summed E-state index contributed by atoms with van der Waals surface area (Å²) in [6.45, 7) is 61.3. The number of carbonyl (C=O) groups is 4. The number of Topliss-reactive ketones (excluding diaryl/α,β-unsaturated/α-hetero) is 3. The summed E-state index contributed by atoms with van der Waals surface area (Å²) < 4.78 is 131. The molecule has 0 amide bonds. The smallest absolute Gasteiger partial charge is 0.307 e. The number of ketones is 3. The number of ether oxygens (including phenoxy) is 4. The summed E-state index contributed by atoms with van der Waals surface area (Å²) in [6, 6.07) is 8.47. The van der Waals surface area contributed by atoms with Crippen LogP contribution in [0.25, 0.3) is 0 Å². The van der Waals surface area contributed by atoms with E-state index in [0.717, 1.165) is 140 Å². The van der Waals surface area contributed by atoms with Crippen LogP contribution in [0.15, 0.2) is 41.1 Å². The van der Waals surface area contributed by atoms with Crippen molar-refractivity contribution in [1.29, 1.82) is 0 Å². The Morgan fingerprint density at radius 3 is 0.829 bits per heavy atom. The Morgan fingerprint density at radius 1 is 0.386 bits per heavy atom. The molecule has 0 saturated heterocycles. The second-order valence-electron chi connectivity index (χ2n) is 42.7. The van der Waals surface area contributed by atoms with E-state index in [-0.39, 0.29) is 128 Å². The van der Waals surface area contributed by atoms with E-state index in [9.17, 15) is 88.6 Å². The van der Waals surface area contributed by atoms with Gasteiger partial charge in [0.1, 0.15) is 72.3 Å². The van der Waals surface area contributed by atoms with E-state index in [2.05, 4.69) is 189 Å². The van der Waals surface area contributed by atoms with Gasteiger partial charge in [-0.15, -0.1) is 45.3 Å². The highest BCUT2D eigenvalue weighted by Crippen LogP contribution is 2.46. The summed E-state index contributed by atoms with van der Waals surface area (Å²) in [6.07, 6.45) is 0.644. The Bertz CT molecular complexity index is 6160. The zero-order valence-corrected chi connectivity index (χ0v) is 94.6. The maximum atomic E-state index is 13.7. The number of nitrogens with two attached hydrogens (primary N) is 1. The molecule has 4 aliphatic rings. The van der Waals surface area contributed by atoms with E-state index in [1.807, 2.05) is 0 Å². The van der Waals surface area contributed by atoms with Crippen LogP contribution in [0.5, 0.6) is 0 Å². The van der Waals surface area contributed by atoms with Crippen LogP contribution >= 0.6 is 45.3 Å². The highest BCUT2D eigenvalue weighted by Gasteiger charge is 2.42. The van der Waals surface area contributed by atoms with Gasteiger partial charge in [-0.3, -0.25) is 19.2 Å². The zero-order valence-electron chi connectivity index (χ0n) is 87.1. The van der Waals surface area contributed by atoms with Gasteiger partial charge in [-0.25, -0.2) is 58.7 Å². The summed E-state index contributed by atoms with van der Waals surface area (Å²) in [5.41, 5.74) is 17.2. The molecule has 0 spiro atoms. The van der Waals surface area contributed by atoms with Crippen molar-refractivity contribution in [1.82, 2.24) is 19.9 Å². The standard InChI is InChI=1S/C30H47NO6S2Si.2C24H33NO6S2.C16H22O3.C8H14N2O3S2/c1-18(2)22-12-20-14-36-15-24(20)26(19(3)4)23(22)13-21(32)17-39(34,35)27-25(31-28(38-27)30(8,9)33)16-37-40(10,11)29(5,6)7;2*1-13(2)17-7-15-10-31-11-19(15)21(14(3)4)18(17)8-16(27)12-33(29,30)22-20(9-26)25-23(32-22)24(5,6)28;1-9(2)12-5-11-7-19-8-14(11)16(10(3)4)13(12)6-15(17)18;1-4-5-6(15(9,12)13)14-7(10-5)8(2,3)11/h12,18-19,33H,13-17H2,1-11H3;2*7,13-14,26,28H,8-12H2,1-6H3;5,9-10H,6-8H2,1-4H3,(H,17,18);11H,4H2,1-3H3,(H2,9,12,13). The lowest BCUT2D eigenvalue weighted by molar-refractivity contribution is -0.136. The highest BCUT2D eigenvalue weighted by molar-refractivity contribution is 7.95. The molecular weight excluding hydrogens is 1960 g/mol. The van der Waals surface area contributed by atoms with E-state index in [1.165, 1.54) is 44.4 Å². The number of sulfonamides is 1.